The second-order valence-corrected chi connectivity index (χ2v) is 4.75. The molecule has 0 saturated carbocycles. The van der Waals surface area contributed by atoms with Gasteiger partial charge in [0.25, 0.3) is 0 Å². The molecule has 0 aliphatic rings. The van der Waals surface area contributed by atoms with Gasteiger partial charge < -0.3 is 15.2 Å². The third kappa shape index (κ3) is 5.70. The van der Waals surface area contributed by atoms with Gasteiger partial charge in [-0.25, -0.2) is 9.18 Å². The maximum absolute atomic E-state index is 13.4. The lowest BCUT2D eigenvalue weighted by Gasteiger charge is -2.09. The summed E-state index contributed by atoms with van der Waals surface area (Å²) in [5.41, 5.74) is 0.261. The molecule has 0 spiro atoms. The van der Waals surface area contributed by atoms with Crippen LogP contribution in [0.5, 0.6) is 0 Å². The fourth-order valence-electron chi connectivity index (χ4n) is 1.52. The van der Waals surface area contributed by atoms with E-state index in [0.717, 1.165) is 13.0 Å². The van der Waals surface area contributed by atoms with E-state index in [4.69, 9.17) is 9.84 Å². The minimum absolute atomic E-state index is 0.314. The largest absolute Gasteiger partial charge is 0.478 e. The molecule has 0 bridgehead atoms. The zero-order chi connectivity index (χ0) is 14.3. The lowest BCUT2D eigenvalue weighted by molar-refractivity contribution is 0.0692. The molecule has 1 rings (SSSR count). The van der Waals surface area contributed by atoms with Crippen molar-refractivity contribution in [1.82, 2.24) is 0 Å². The number of hydrogen-bond acceptors (Lipinski definition) is 3. The molecule has 106 valence electrons. The molecule has 0 aliphatic heterocycles. The topological polar surface area (TPSA) is 58.6 Å². The standard InChI is InChI=1S/C14H20FNO3/c1-10(2)9-19-7-3-6-16-11-4-5-12(14(17)18)13(15)8-11/h4-5,8,10,16H,3,6-7,9H2,1-2H3,(H,17,18). The average Bonchev–Trinajstić information content (AvgIpc) is 2.32. The lowest BCUT2D eigenvalue weighted by Crippen LogP contribution is -2.09. The molecule has 5 heteroatoms. The minimum Gasteiger partial charge on any atom is -0.478 e. The monoisotopic (exact) mass is 269 g/mol. The van der Waals surface area contributed by atoms with Gasteiger partial charge in [-0.3, -0.25) is 0 Å². The van der Waals surface area contributed by atoms with Gasteiger partial charge in [0.15, 0.2) is 0 Å². The summed E-state index contributed by atoms with van der Waals surface area (Å²) in [5.74, 6) is -1.47. The van der Waals surface area contributed by atoms with Crippen LogP contribution in [0.4, 0.5) is 10.1 Å². The fourth-order valence-corrected chi connectivity index (χ4v) is 1.52. The number of halogens is 1. The predicted octanol–water partition coefficient (Wildman–Crippen LogP) is 3.00. The first kappa shape index (κ1) is 15.4. The van der Waals surface area contributed by atoms with Crippen molar-refractivity contribution in [3.05, 3.63) is 29.6 Å². The molecule has 0 radical (unpaired) electrons. The van der Waals surface area contributed by atoms with Gasteiger partial charge in [-0.05, 0) is 30.5 Å². The van der Waals surface area contributed by atoms with Crippen LogP contribution in [0.15, 0.2) is 18.2 Å². The van der Waals surface area contributed by atoms with Crippen LogP contribution in [0, 0.1) is 11.7 Å². The van der Waals surface area contributed by atoms with Crippen molar-refractivity contribution in [1.29, 1.82) is 0 Å². The molecule has 0 fully saturated rings. The molecule has 0 amide bonds. The number of rotatable bonds is 8. The van der Waals surface area contributed by atoms with Crippen molar-refractivity contribution < 1.29 is 19.0 Å². The van der Waals surface area contributed by atoms with Crippen LogP contribution in [-0.4, -0.2) is 30.8 Å². The van der Waals surface area contributed by atoms with Crippen LogP contribution >= 0.6 is 0 Å². The van der Waals surface area contributed by atoms with E-state index in [0.29, 0.717) is 24.8 Å². The summed E-state index contributed by atoms with van der Waals surface area (Å²) in [6.07, 6.45) is 0.815. The van der Waals surface area contributed by atoms with E-state index in [1.165, 1.54) is 12.1 Å². The molecular weight excluding hydrogens is 249 g/mol. The highest BCUT2D eigenvalue weighted by Gasteiger charge is 2.09. The Hall–Kier alpha value is -1.62. The van der Waals surface area contributed by atoms with Crippen LogP contribution in [-0.2, 0) is 4.74 Å². The highest BCUT2D eigenvalue weighted by Crippen LogP contribution is 2.14. The van der Waals surface area contributed by atoms with Gasteiger partial charge in [0.1, 0.15) is 5.82 Å². The van der Waals surface area contributed by atoms with Crippen LogP contribution in [0.1, 0.15) is 30.6 Å². The number of carbonyl (C=O) groups is 1. The second kappa shape index (κ2) is 7.74. The van der Waals surface area contributed by atoms with Crippen LogP contribution in [0.2, 0.25) is 0 Å². The van der Waals surface area contributed by atoms with Gasteiger partial charge in [-0.1, -0.05) is 13.8 Å². The van der Waals surface area contributed by atoms with Crippen molar-refractivity contribution in [2.24, 2.45) is 5.92 Å². The van der Waals surface area contributed by atoms with Crippen LogP contribution in [0.3, 0.4) is 0 Å². The van der Waals surface area contributed by atoms with Gasteiger partial charge in [-0.2, -0.15) is 0 Å². The number of hydrogen-bond donors (Lipinski definition) is 2. The van der Waals surface area contributed by atoms with Crippen LogP contribution in [0.25, 0.3) is 0 Å². The van der Waals surface area contributed by atoms with Crippen LogP contribution < -0.4 is 5.32 Å². The number of aromatic carboxylic acids is 1. The molecule has 0 unspecified atom stereocenters. The maximum atomic E-state index is 13.4. The van der Waals surface area contributed by atoms with Crippen molar-refractivity contribution in [2.45, 2.75) is 20.3 Å². The minimum atomic E-state index is -1.26. The third-order valence-electron chi connectivity index (χ3n) is 2.45. The van der Waals surface area contributed by atoms with E-state index < -0.39 is 11.8 Å². The smallest absolute Gasteiger partial charge is 0.338 e. The normalized spacial score (nSPS) is 10.7. The van der Waals surface area contributed by atoms with E-state index in [1.807, 2.05) is 0 Å². The molecule has 0 saturated heterocycles. The number of nitrogens with one attached hydrogen (secondary N) is 1. The van der Waals surface area contributed by atoms with Gasteiger partial charge in [0.2, 0.25) is 0 Å². The Bertz CT molecular complexity index is 421. The fraction of sp³-hybridized carbons (Fsp3) is 0.500. The Kier molecular flexibility index (Phi) is 6.29. The number of anilines is 1. The van der Waals surface area contributed by atoms with Gasteiger partial charge in [0.05, 0.1) is 5.56 Å². The average molecular weight is 269 g/mol. The summed E-state index contributed by atoms with van der Waals surface area (Å²) in [6, 6.07) is 4.01. The Morgan fingerprint density at radius 1 is 1.47 bits per heavy atom. The highest BCUT2D eigenvalue weighted by atomic mass is 19.1. The third-order valence-corrected chi connectivity index (χ3v) is 2.45. The summed E-state index contributed by atoms with van der Waals surface area (Å²) >= 11 is 0. The first-order chi connectivity index (χ1) is 9.00. The van der Waals surface area contributed by atoms with E-state index in [9.17, 15) is 9.18 Å². The molecule has 19 heavy (non-hydrogen) atoms. The predicted molar refractivity (Wildman–Crippen MR) is 72.1 cm³/mol. The molecule has 1 aromatic rings. The quantitative estimate of drug-likeness (QED) is 0.712. The molecule has 1 aromatic carbocycles. The van der Waals surface area contributed by atoms with E-state index in [2.05, 4.69) is 19.2 Å². The second-order valence-electron chi connectivity index (χ2n) is 4.75. The Labute approximate surface area is 112 Å². The molecule has 0 heterocycles. The summed E-state index contributed by atoms with van der Waals surface area (Å²) < 4.78 is 18.8. The van der Waals surface area contributed by atoms with Crippen molar-refractivity contribution in [3.63, 3.8) is 0 Å². The summed E-state index contributed by atoms with van der Waals surface area (Å²) in [4.78, 5) is 10.6. The highest BCUT2D eigenvalue weighted by molar-refractivity contribution is 5.88. The summed E-state index contributed by atoms with van der Waals surface area (Å²) in [6.45, 7) is 6.23. The number of carboxylic acid groups (broad SMARTS) is 1. The first-order valence-electron chi connectivity index (χ1n) is 6.35. The SMILES string of the molecule is CC(C)COCCCNc1ccc(C(=O)O)c(F)c1. The Morgan fingerprint density at radius 2 is 2.21 bits per heavy atom. The number of ether oxygens (including phenoxy) is 1. The van der Waals surface area contributed by atoms with Crippen molar-refractivity contribution >= 4 is 11.7 Å². The lowest BCUT2D eigenvalue weighted by atomic mass is 10.2. The zero-order valence-corrected chi connectivity index (χ0v) is 11.3. The molecule has 0 aliphatic carbocycles. The summed E-state index contributed by atoms with van der Waals surface area (Å²) in [5, 5.41) is 11.7. The van der Waals surface area contributed by atoms with E-state index >= 15 is 0 Å². The van der Waals surface area contributed by atoms with E-state index in [1.54, 1.807) is 6.07 Å². The first-order valence-corrected chi connectivity index (χ1v) is 6.35. The van der Waals surface area contributed by atoms with E-state index in [-0.39, 0.29) is 5.56 Å². The number of carboxylic acids is 1. The molecular formula is C14H20FNO3. The Balaban J connectivity index is 2.30. The van der Waals surface area contributed by atoms with Crippen molar-refractivity contribution in [3.8, 4) is 0 Å². The number of benzene rings is 1. The molecule has 0 aromatic heterocycles. The Morgan fingerprint density at radius 3 is 2.79 bits per heavy atom. The maximum Gasteiger partial charge on any atom is 0.338 e. The summed E-state index contributed by atoms with van der Waals surface area (Å²) in [7, 11) is 0. The van der Waals surface area contributed by atoms with Gasteiger partial charge in [-0.15, -0.1) is 0 Å². The molecule has 0 atom stereocenters. The van der Waals surface area contributed by atoms with Crippen molar-refractivity contribution in [2.75, 3.05) is 25.1 Å². The van der Waals surface area contributed by atoms with Gasteiger partial charge >= 0.3 is 5.97 Å². The van der Waals surface area contributed by atoms with Gasteiger partial charge in [0, 0.05) is 25.4 Å². The molecule has 4 nitrogen and oxygen atoms in total. The molecule has 2 N–H and O–H groups in total. The zero-order valence-electron chi connectivity index (χ0n) is 11.3.